The molecule has 5 nitrogen and oxygen atoms in total. The minimum Gasteiger partial charge on any atom is -0.478 e. The number of carboxylic acid groups (broad SMARTS) is 1. The lowest BCUT2D eigenvalue weighted by molar-refractivity contribution is 0.0690. The SMILES string of the molecule is O=C(O)c1ccnc(OCCCO)c1F. The van der Waals surface area contributed by atoms with Crippen molar-refractivity contribution in [2.75, 3.05) is 13.2 Å². The van der Waals surface area contributed by atoms with Crippen LogP contribution in [0.3, 0.4) is 0 Å². The van der Waals surface area contributed by atoms with Gasteiger partial charge in [0.25, 0.3) is 5.88 Å². The van der Waals surface area contributed by atoms with Crippen LogP contribution >= 0.6 is 0 Å². The van der Waals surface area contributed by atoms with Gasteiger partial charge in [0.2, 0.25) is 0 Å². The van der Waals surface area contributed by atoms with Gasteiger partial charge in [0, 0.05) is 19.2 Å². The van der Waals surface area contributed by atoms with E-state index in [9.17, 15) is 9.18 Å². The molecule has 0 saturated heterocycles. The molecule has 1 aromatic heterocycles. The fourth-order valence-corrected chi connectivity index (χ4v) is 0.924. The number of aromatic carboxylic acids is 1. The highest BCUT2D eigenvalue weighted by Gasteiger charge is 2.15. The van der Waals surface area contributed by atoms with Crippen LogP contribution in [-0.2, 0) is 0 Å². The maximum absolute atomic E-state index is 13.3. The minimum absolute atomic E-state index is 0.0831. The van der Waals surface area contributed by atoms with Gasteiger partial charge in [-0.15, -0.1) is 0 Å². The predicted molar refractivity (Wildman–Crippen MR) is 48.4 cm³/mol. The highest BCUT2D eigenvalue weighted by Crippen LogP contribution is 2.17. The van der Waals surface area contributed by atoms with Crippen LogP contribution in [0, 0.1) is 5.82 Å². The second-order valence-electron chi connectivity index (χ2n) is 2.71. The van der Waals surface area contributed by atoms with Crippen LogP contribution in [0.5, 0.6) is 5.88 Å². The summed E-state index contributed by atoms with van der Waals surface area (Å²) in [4.78, 5) is 14.1. The number of ether oxygens (including phenoxy) is 1. The average Bonchev–Trinajstić information content (AvgIpc) is 2.20. The fourth-order valence-electron chi connectivity index (χ4n) is 0.924. The molecule has 6 heteroatoms. The molecule has 1 heterocycles. The van der Waals surface area contributed by atoms with Gasteiger partial charge in [0.15, 0.2) is 5.82 Å². The maximum atomic E-state index is 13.3. The van der Waals surface area contributed by atoms with Crippen LogP contribution in [0.2, 0.25) is 0 Å². The van der Waals surface area contributed by atoms with Gasteiger partial charge in [-0.2, -0.15) is 0 Å². The van der Waals surface area contributed by atoms with E-state index in [-0.39, 0.29) is 19.1 Å². The Hall–Kier alpha value is -1.69. The number of aromatic nitrogens is 1. The van der Waals surface area contributed by atoms with Crippen molar-refractivity contribution in [1.82, 2.24) is 4.98 Å². The van der Waals surface area contributed by atoms with Gasteiger partial charge >= 0.3 is 5.97 Å². The Bertz CT molecular complexity index is 356. The first-order valence-corrected chi connectivity index (χ1v) is 4.28. The molecule has 0 aliphatic rings. The van der Waals surface area contributed by atoms with Crippen LogP contribution in [0.25, 0.3) is 0 Å². The summed E-state index contributed by atoms with van der Waals surface area (Å²) in [6, 6.07) is 1.05. The lowest BCUT2D eigenvalue weighted by Crippen LogP contribution is -2.07. The average molecular weight is 215 g/mol. The highest BCUT2D eigenvalue weighted by molar-refractivity contribution is 5.88. The first-order chi connectivity index (χ1) is 7.16. The van der Waals surface area contributed by atoms with Crippen molar-refractivity contribution < 1.29 is 24.1 Å². The van der Waals surface area contributed by atoms with Crippen molar-refractivity contribution in [1.29, 1.82) is 0 Å². The maximum Gasteiger partial charge on any atom is 0.338 e. The monoisotopic (exact) mass is 215 g/mol. The van der Waals surface area contributed by atoms with E-state index < -0.39 is 17.3 Å². The van der Waals surface area contributed by atoms with Gasteiger partial charge in [-0.1, -0.05) is 0 Å². The number of hydrogen-bond acceptors (Lipinski definition) is 4. The Labute approximate surface area is 85.1 Å². The van der Waals surface area contributed by atoms with Crippen molar-refractivity contribution in [3.05, 3.63) is 23.6 Å². The Balaban J connectivity index is 2.80. The van der Waals surface area contributed by atoms with Gasteiger partial charge in [0.05, 0.1) is 6.61 Å². The number of halogens is 1. The van der Waals surface area contributed by atoms with Crippen molar-refractivity contribution in [3.8, 4) is 5.88 Å². The summed E-state index contributed by atoms with van der Waals surface area (Å²) in [5, 5.41) is 17.1. The minimum atomic E-state index is -1.37. The molecule has 0 aromatic carbocycles. The van der Waals surface area contributed by atoms with Gasteiger partial charge in [-0.25, -0.2) is 14.2 Å². The van der Waals surface area contributed by atoms with E-state index in [0.717, 1.165) is 12.3 Å². The van der Waals surface area contributed by atoms with E-state index >= 15 is 0 Å². The number of nitrogens with zero attached hydrogens (tertiary/aromatic N) is 1. The zero-order valence-electron chi connectivity index (χ0n) is 7.81. The Morgan fingerprint density at radius 2 is 2.33 bits per heavy atom. The lowest BCUT2D eigenvalue weighted by atomic mass is 10.2. The lowest BCUT2D eigenvalue weighted by Gasteiger charge is -2.05. The molecule has 0 radical (unpaired) electrons. The fraction of sp³-hybridized carbons (Fsp3) is 0.333. The van der Waals surface area contributed by atoms with Crippen LogP contribution in [0.1, 0.15) is 16.8 Å². The molecule has 82 valence electrons. The number of carboxylic acids is 1. The number of aliphatic hydroxyl groups excluding tert-OH is 1. The van der Waals surface area contributed by atoms with Crippen molar-refractivity contribution in [2.45, 2.75) is 6.42 Å². The van der Waals surface area contributed by atoms with Crippen molar-refractivity contribution in [3.63, 3.8) is 0 Å². The summed E-state index contributed by atoms with van der Waals surface area (Å²) in [5.74, 6) is -2.73. The summed E-state index contributed by atoms with van der Waals surface area (Å²) < 4.78 is 18.2. The first kappa shape index (κ1) is 11.4. The van der Waals surface area contributed by atoms with Gasteiger partial charge in [-0.3, -0.25) is 0 Å². The quantitative estimate of drug-likeness (QED) is 0.706. The zero-order chi connectivity index (χ0) is 11.3. The molecule has 0 amide bonds. The third-order valence-electron chi connectivity index (χ3n) is 1.63. The van der Waals surface area contributed by atoms with E-state index in [4.69, 9.17) is 14.9 Å². The molecule has 1 aromatic rings. The van der Waals surface area contributed by atoms with Crippen LogP contribution in [0.15, 0.2) is 12.3 Å². The molecular formula is C9H10FNO4. The molecule has 0 unspecified atom stereocenters. The Morgan fingerprint density at radius 1 is 1.60 bits per heavy atom. The second kappa shape index (κ2) is 5.26. The molecule has 1 rings (SSSR count). The van der Waals surface area contributed by atoms with Gasteiger partial charge in [-0.05, 0) is 6.07 Å². The van der Waals surface area contributed by atoms with E-state index in [1.807, 2.05) is 0 Å². The molecule has 0 fully saturated rings. The summed E-state index contributed by atoms with van der Waals surface area (Å²) in [6.45, 7) is 0.00370. The molecule has 0 atom stereocenters. The zero-order valence-corrected chi connectivity index (χ0v) is 7.81. The van der Waals surface area contributed by atoms with E-state index in [2.05, 4.69) is 4.98 Å². The number of pyridine rings is 1. The van der Waals surface area contributed by atoms with Crippen molar-refractivity contribution >= 4 is 5.97 Å². The summed E-state index contributed by atoms with van der Waals surface area (Å²) in [6.07, 6.45) is 1.49. The normalized spacial score (nSPS) is 10.0. The Morgan fingerprint density at radius 3 is 2.93 bits per heavy atom. The molecule has 0 aliphatic heterocycles. The molecular weight excluding hydrogens is 205 g/mol. The van der Waals surface area contributed by atoms with E-state index in [0.29, 0.717) is 6.42 Å². The molecule has 2 N–H and O–H groups in total. The first-order valence-electron chi connectivity index (χ1n) is 4.28. The second-order valence-corrected chi connectivity index (χ2v) is 2.71. The predicted octanol–water partition coefficient (Wildman–Crippen LogP) is 0.680. The number of aliphatic hydroxyl groups is 1. The largest absolute Gasteiger partial charge is 0.478 e. The van der Waals surface area contributed by atoms with Gasteiger partial charge < -0.3 is 14.9 Å². The van der Waals surface area contributed by atoms with Gasteiger partial charge in [0.1, 0.15) is 5.56 Å². The number of rotatable bonds is 5. The molecule has 15 heavy (non-hydrogen) atoms. The standard InChI is InChI=1S/C9H10FNO4/c10-7-6(9(13)14)2-3-11-8(7)15-5-1-4-12/h2-3,12H,1,4-5H2,(H,13,14). The van der Waals surface area contributed by atoms with Crippen LogP contribution in [0.4, 0.5) is 4.39 Å². The van der Waals surface area contributed by atoms with Crippen LogP contribution in [-0.4, -0.2) is 34.4 Å². The number of carbonyl (C=O) groups is 1. The Kier molecular flexibility index (Phi) is 3.99. The van der Waals surface area contributed by atoms with Crippen molar-refractivity contribution in [2.24, 2.45) is 0 Å². The van der Waals surface area contributed by atoms with E-state index in [1.165, 1.54) is 0 Å². The van der Waals surface area contributed by atoms with Crippen LogP contribution < -0.4 is 4.74 Å². The molecule has 0 spiro atoms. The van der Waals surface area contributed by atoms with E-state index in [1.54, 1.807) is 0 Å². The number of hydrogen-bond donors (Lipinski definition) is 2. The topological polar surface area (TPSA) is 79.7 Å². The highest BCUT2D eigenvalue weighted by atomic mass is 19.1. The summed E-state index contributed by atoms with van der Waals surface area (Å²) in [5.41, 5.74) is -0.482. The molecule has 0 aliphatic carbocycles. The molecule has 0 saturated carbocycles. The third kappa shape index (κ3) is 2.88. The smallest absolute Gasteiger partial charge is 0.338 e. The summed E-state index contributed by atoms with van der Waals surface area (Å²) >= 11 is 0. The molecule has 0 bridgehead atoms. The third-order valence-corrected chi connectivity index (χ3v) is 1.63. The summed E-state index contributed by atoms with van der Waals surface area (Å²) in [7, 11) is 0.